The van der Waals surface area contributed by atoms with Crippen molar-refractivity contribution in [3.8, 4) is 0 Å². The molecule has 3 N–H and O–H groups in total. The van der Waals surface area contributed by atoms with Crippen molar-refractivity contribution in [2.75, 3.05) is 11.9 Å². The molecule has 12 nitrogen and oxygen atoms in total. The largest absolute Gasteiger partial charge is 0.409 e. The Morgan fingerprint density at radius 3 is 1.73 bits per heavy atom. The fourth-order valence-electron chi connectivity index (χ4n) is 4.31. The van der Waals surface area contributed by atoms with E-state index in [0.29, 0.717) is 0 Å². The Morgan fingerprint density at radius 1 is 0.829 bits per heavy atom. The van der Waals surface area contributed by atoms with Crippen LogP contribution in [0.2, 0.25) is 78.6 Å². The lowest BCUT2D eigenvalue weighted by atomic mass is 9.99. The van der Waals surface area contributed by atoms with Crippen molar-refractivity contribution in [3.63, 3.8) is 0 Å². The number of nitrogens with one attached hydrogen (secondary N) is 1. The van der Waals surface area contributed by atoms with Crippen molar-refractivity contribution < 1.29 is 35.8 Å². The van der Waals surface area contributed by atoms with Gasteiger partial charge >= 0.3 is 0 Å². The van der Waals surface area contributed by atoms with Crippen LogP contribution in [-0.2, 0) is 32.5 Å². The molecule has 0 spiro atoms. The lowest BCUT2D eigenvalue weighted by Crippen LogP contribution is -2.67. The van der Waals surface area contributed by atoms with Crippen LogP contribution in [0.3, 0.4) is 0 Å². The molecule has 0 aromatic heterocycles. The highest BCUT2D eigenvalue weighted by molar-refractivity contribution is 7.89. The van der Waals surface area contributed by atoms with Gasteiger partial charge in [-0.05, 0) is 90.7 Å². The highest BCUT2D eigenvalue weighted by Gasteiger charge is 2.52. The summed E-state index contributed by atoms with van der Waals surface area (Å²) in [7, 11) is -12.7. The first-order valence-electron chi connectivity index (χ1n) is 13.7. The van der Waals surface area contributed by atoms with Crippen LogP contribution >= 0.6 is 0 Å². The zero-order valence-corrected chi connectivity index (χ0v) is 31.2. The predicted molar refractivity (Wildman–Crippen MR) is 171 cm³/mol. The molecular weight excluding hydrogens is 619 g/mol. The molecule has 0 bridgehead atoms. The molecule has 0 saturated carbocycles. The first-order chi connectivity index (χ1) is 18.3. The molecule has 1 fully saturated rings. The van der Waals surface area contributed by atoms with Crippen LogP contribution in [0.1, 0.15) is 0 Å². The molecule has 2 rings (SSSR count). The lowest BCUT2D eigenvalue weighted by molar-refractivity contribution is -0.384. The zero-order chi connectivity index (χ0) is 31.8. The first-order valence-corrected chi connectivity index (χ1v) is 28.9. The number of sulfonamides is 1. The second-order valence-corrected chi connectivity index (χ2v) is 33.6. The molecule has 0 aliphatic carbocycles. The van der Waals surface area contributed by atoms with Gasteiger partial charge in [0, 0.05) is 12.6 Å². The SMILES string of the molecule is C[Si](C)(C)O[C@@H]1O[C@H](CNc2ccc(S(N)(=O)=O)cc2[N+](=O)[O-])[C@@H](O[Si](C)(C)C)[C@H](O[Si](C)(C)C)[C@H]1O[Si](C)(C)C. The topological polar surface area (TPSA) is 161 Å². The van der Waals surface area contributed by atoms with Crippen molar-refractivity contribution in [2.24, 2.45) is 5.14 Å². The number of nitrogens with zero attached hydrogens (tertiary/aromatic N) is 1. The molecule has 236 valence electrons. The maximum atomic E-state index is 11.8. The van der Waals surface area contributed by atoms with E-state index in [-0.39, 0.29) is 17.1 Å². The first kappa shape index (κ1) is 36.2. The van der Waals surface area contributed by atoms with Crippen LogP contribution in [0.25, 0.3) is 0 Å². The van der Waals surface area contributed by atoms with Crippen molar-refractivity contribution in [2.45, 2.75) is 114 Å². The number of nitro benzene ring substituents is 1. The minimum absolute atomic E-state index is 0.113. The number of nitro groups is 1. The number of primary sulfonamides is 1. The van der Waals surface area contributed by atoms with E-state index in [4.69, 9.17) is 27.6 Å². The van der Waals surface area contributed by atoms with Gasteiger partial charge in [0.15, 0.2) is 39.6 Å². The molecule has 0 amide bonds. The van der Waals surface area contributed by atoms with Crippen molar-refractivity contribution >= 4 is 54.7 Å². The highest BCUT2D eigenvalue weighted by Crippen LogP contribution is 2.36. The van der Waals surface area contributed by atoms with Gasteiger partial charge in [-0.2, -0.15) is 0 Å². The summed E-state index contributed by atoms with van der Waals surface area (Å²) >= 11 is 0. The number of rotatable bonds is 13. The van der Waals surface area contributed by atoms with Crippen LogP contribution < -0.4 is 10.5 Å². The highest BCUT2D eigenvalue weighted by atomic mass is 32.2. The van der Waals surface area contributed by atoms with Gasteiger partial charge in [-0.25, -0.2) is 13.6 Å². The molecule has 1 saturated heterocycles. The standard InChI is InChI=1S/C24H49N3O9SSi4/c1-38(2,3)33-21-20(16-26-18-14-13-17(37(25,30)31)15-19(18)27(28)29)32-24(36-41(10,11)12)23(35-40(7,8)9)22(21)34-39(4,5)6/h13-15,20-24,26H,16H2,1-12H3,(H2,25,30,31)/t20-,21-,22+,23-,24+/m1/s1. The molecular formula is C24H49N3O9SSi4. The van der Waals surface area contributed by atoms with E-state index in [0.717, 1.165) is 6.07 Å². The molecule has 1 aromatic rings. The van der Waals surface area contributed by atoms with E-state index in [1.165, 1.54) is 12.1 Å². The molecule has 1 aliphatic rings. The summed E-state index contributed by atoms with van der Waals surface area (Å²) in [6.07, 6.45) is -2.93. The molecule has 0 unspecified atom stereocenters. The molecule has 41 heavy (non-hydrogen) atoms. The number of benzene rings is 1. The van der Waals surface area contributed by atoms with E-state index in [1.54, 1.807) is 0 Å². The Balaban J connectivity index is 2.60. The van der Waals surface area contributed by atoms with E-state index in [1.807, 2.05) is 0 Å². The summed E-state index contributed by atoms with van der Waals surface area (Å²) in [4.78, 5) is 10.8. The molecule has 1 aromatic carbocycles. The van der Waals surface area contributed by atoms with Crippen LogP contribution in [0.15, 0.2) is 23.1 Å². The molecule has 1 aliphatic heterocycles. The number of hydrogen-bond donors (Lipinski definition) is 2. The predicted octanol–water partition coefficient (Wildman–Crippen LogP) is 4.89. The second kappa shape index (κ2) is 12.9. The number of ether oxygens (including phenoxy) is 1. The third-order valence-corrected chi connectivity index (χ3v) is 10.3. The average Bonchev–Trinajstić information content (AvgIpc) is 2.72. The minimum atomic E-state index is -4.12. The average molecular weight is 668 g/mol. The van der Waals surface area contributed by atoms with Gasteiger partial charge < -0.3 is 27.8 Å². The Morgan fingerprint density at radius 2 is 1.29 bits per heavy atom. The van der Waals surface area contributed by atoms with Crippen LogP contribution in [0.4, 0.5) is 11.4 Å². The minimum Gasteiger partial charge on any atom is -0.409 e. The van der Waals surface area contributed by atoms with Gasteiger partial charge in [0.2, 0.25) is 10.0 Å². The van der Waals surface area contributed by atoms with Gasteiger partial charge in [0.1, 0.15) is 30.1 Å². The molecule has 5 atom stereocenters. The number of hydrogen-bond acceptors (Lipinski definition) is 10. The maximum Gasteiger partial charge on any atom is 0.293 e. The van der Waals surface area contributed by atoms with E-state index >= 15 is 0 Å². The molecule has 1 heterocycles. The van der Waals surface area contributed by atoms with Crippen molar-refractivity contribution in [1.29, 1.82) is 0 Å². The fraction of sp³-hybridized carbons (Fsp3) is 0.750. The summed E-state index contributed by atoms with van der Waals surface area (Å²) in [5.74, 6) is 0. The van der Waals surface area contributed by atoms with Gasteiger partial charge in [-0.1, -0.05) is 0 Å². The van der Waals surface area contributed by atoms with Gasteiger partial charge in [-0.15, -0.1) is 0 Å². The van der Waals surface area contributed by atoms with Gasteiger partial charge in [0.05, 0.1) is 9.82 Å². The van der Waals surface area contributed by atoms with E-state index in [9.17, 15) is 18.5 Å². The normalized spacial score (nSPS) is 24.8. The van der Waals surface area contributed by atoms with Crippen LogP contribution in [0.5, 0.6) is 0 Å². The Hall–Kier alpha value is -1.00. The van der Waals surface area contributed by atoms with Crippen LogP contribution in [0, 0.1) is 10.1 Å². The van der Waals surface area contributed by atoms with Gasteiger partial charge in [0.25, 0.3) is 5.69 Å². The fourth-order valence-corrected chi connectivity index (χ4v) is 8.98. The summed E-state index contributed by atoms with van der Waals surface area (Å²) in [6, 6.07) is 3.51. The smallest absolute Gasteiger partial charge is 0.293 e. The Labute approximate surface area is 249 Å². The van der Waals surface area contributed by atoms with Crippen molar-refractivity contribution in [1.82, 2.24) is 0 Å². The van der Waals surface area contributed by atoms with E-state index < -0.39 is 84.6 Å². The Bertz CT molecular complexity index is 1180. The zero-order valence-electron chi connectivity index (χ0n) is 26.4. The third-order valence-electron chi connectivity index (χ3n) is 5.52. The maximum absolute atomic E-state index is 11.8. The lowest BCUT2D eigenvalue weighted by Gasteiger charge is -2.51. The summed E-state index contributed by atoms with van der Waals surface area (Å²) in [5, 5.41) is 20.1. The monoisotopic (exact) mass is 667 g/mol. The van der Waals surface area contributed by atoms with Crippen molar-refractivity contribution in [3.05, 3.63) is 28.3 Å². The Kier molecular flexibility index (Phi) is 11.4. The summed E-state index contributed by atoms with van der Waals surface area (Å²) < 4.78 is 57.0. The second-order valence-electron chi connectivity index (χ2n) is 14.2. The van der Waals surface area contributed by atoms with Gasteiger partial charge in [-0.3, -0.25) is 10.1 Å². The number of anilines is 1. The van der Waals surface area contributed by atoms with E-state index in [2.05, 4.69) is 83.9 Å². The summed E-state index contributed by atoms with van der Waals surface area (Å²) in [5.41, 5.74) is -0.289. The molecule has 17 heteroatoms. The number of nitrogens with two attached hydrogens (primary N) is 1. The quantitative estimate of drug-likeness (QED) is 0.168. The molecule has 0 radical (unpaired) electrons. The van der Waals surface area contributed by atoms with Crippen LogP contribution in [-0.4, -0.2) is 83.9 Å². The third kappa shape index (κ3) is 11.9. The summed E-state index contributed by atoms with van der Waals surface area (Å²) in [6.45, 7) is 25.2.